The lowest BCUT2D eigenvalue weighted by molar-refractivity contribution is -0.0411. The summed E-state index contributed by atoms with van der Waals surface area (Å²) >= 11 is 1.75. The fourth-order valence-electron chi connectivity index (χ4n) is 4.18. The Morgan fingerprint density at radius 3 is 2.74 bits per heavy atom. The molecule has 2 aliphatic heterocycles. The quantitative estimate of drug-likeness (QED) is 0.614. The molecule has 0 amide bonds. The van der Waals surface area contributed by atoms with Crippen molar-refractivity contribution in [2.75, 3.05) is 18.0 Å². The number of aromatic nitrogens is 3. The second kappa shape index (κ2) is 6.11. The molecule has 5 heterocycles. The summed E-state index contributed by atoms with van der Waals surface area (Å²) in [6, 6.07) is 2.25. The summed E-state index contributed by atoms with van der Waals surface area (Å²) in [5.74, 6) is 2.74. The number of thiophene rings is 1. The Kier molecular flexibility index (Phi) is 3.92. The van der Waals surface area contributed by atoms with Crippen molar-refractivity contribution in [3.8, 4) is 0 Å². The van der Waals surface area contributed by atoms with Crippen molar-refractivity contribution in [1.82, 2.24) is 15.0 Å². The lowest BCUT2D eigenvalue weighted by atomic mass is 9.95. The number of nitrogens with zero attached hydrogens (tertiary/aromatic N) is 4. The molecule has 1 saturated heterocycles. The SMILES string of the molecule is Cc1nc(N2CCC(C)CC2)c2sc3nc4c(cc3c2n1)COC(C)(C)C4. The summed E-state index contributed by atoms with van der Waals surface area (Å²) in [6.07, 6.45) is 3.32. The highest BCUT2D eigenvalue weighted by Gasteiger charge is 2.29. The van der Waals surface area contributed by atoms with Crippen LogP contribution in [0.15, 0.2) is 6.07 Å². The van der Waals surface area contributed by atoms with E-state index in [2.05, 4.69) is 31.7 Å². The van der Waals surface area contributed by atoms with Crippen LogP contribution in [0.3, 0.4) is 0 Å². The lowest BCUT2D eigenvalue weighted by Gasteiger charge is -2.31. The van der Waals surface area contributed by atoms with E-state index in [0.717, 1.165) is 52.8 Å². The average molecular weight is 383 g/mol. The molecule has 0 N–H and O–H groups in total. The van der Waals surface area contributed by atoms with Gasteiger partial charge in [-0.05, 0) is 45.6 Å². The van der Waals surface area contributed by atoms with Gasteiger partial charge < -0.3 is 9.64 Å². The highest BCUT2D eigenvalue weighted by Crippen LogP contribution is 2.40. The molecular formula is C21H26N4OS. The molecule has 0 aromatic carbocycles. The third-order valence-corrected chi connectivity index (χ3v) is 6.95. The third kappa shape index (κ3) is 2.99. The zero-order chi connectivity index (χ0) is 18.8. The van der Waals surface area contributed by atoms with Crippen LogP contribution in [-0.4, -0.2) is 33.6 Å². The summed E-state index contributed by atoms with van der Waals surface area (Å²) in [6.45, 7) is 11.4. The predicted molar refractivity (Wildman–Crippen MR) is 111 cm³/mol. The number of fused-ring (bicyclic) bond motifs is 4. The molecule has 0 bridgehead atoms. The maximum Gasteiger partial charge on any atom is 0.150 e. The van der Waals surface area contributed by atoms with Crippen LogP contribution in [0.5, 0.6) is 0 Å². The van der Waals surface area contributed by atoms with Crippen LogP contribution in [0.25, 0.3) is 20.4 Å². The fraction of sp³-hybridized carbons (Fsp3) is 0.571. The molecular weight excluding hydrogens is 356 g/mol. The Morgan fingerprint density at radius 2 is 1.96 bits per heavy atom. The van der Waals surface area contributed by atoms with Gasteiger partial charge in [0.15, 0.2) is 0 Å². The monoisotopic (exact) mass is 382 g/mol. The highest BCUT2D eigenvalue weighted by molar-refractivity contribution is 7.25. The molecule has 0 aliphatic carbocycles. The van der Waals surface area contributed by atoms with Gasteiger partial charge in [0.05, 0.1) is 28.1 Å². The van der Waals surface area contributed by atoms with E-state index in [1.165, 1.54) is 28.8 Å². The molecule has 1 fully saturated rings. The molecule has 2 aliphatic rings. The molecule has 6 heteroatoms. The smallest absolute Gasteiger partial charge is 0.150 e. The Morgan fingerprint density at radius 1 is 1.19 bits per heavy atom. The number of piperidine rings is 1. The summed E-state index contributed by atoms with van der Waals surface area (Å²) in [5.41, 5.74) is 3.28. The van der Waals surface area contributed by atoms with E-state index in [0.29, 0.717) is 6.61 Å². The van der Waals surface area contributed by atoms with Gasteiger partial charge >= 0.3 is 0 Å². The van der Waals surface area contributed by atoms with Gasteiger partial charge in [0, 0.05) is 30.5 Å². The normalized spacial score (nSPS) is 20.4. The van der Waals surface area contributed by atoms with Crippen molar-refractivity contribution in [2.24, 2.45) is 5.92 Å². The minimum absolute atomic E-state index is 0.142. The van der Waals surface area contributed by atoms with Gasteiger partial charge in [-0.1, -0.05) is 6.92 Å². The Labute approximate surface area is 163 Å². The van der Waals surface area contributed by atoms with E-state index in [1.807, 2.05) is 6.92 Å². The van der Waals surface area contributed by atoms with Gasteiger partial charge in [-0.25, -0.2) is 15.0 Å². The zero-order valence-electron chi connectivity index (χ0n) is 16.5. The van der Waals surface area contributed by atoms with Gasteiger partial charge in [-0.15, -0.1) is 11.3 Å². The summed E-state index contributed by atoms with van der Waals surface area (Å²) in [5, 5.41) is 1.15. The molecule has 5 rings (SSSR count). The van der Waals surface area contributed by atoms with Gasteiger partial charge in [-0.2, -0.15) is 0 Å². The van der Waals surface area contributed by atoms with E-state index in [4.69, 9.17) is 19.7 Å². The van der Waals surface area contributed by atoms with Crippen LogP contribution in [0, 0.1) is 12.8 Å². The van der Waals surface area contributed by atoms with Crippen LogP contribution in [0.2, 0.25) is 0 Å². The number of rotatable bonds is 1. The standard InChI is InChI=1S/C21H26N4OS/c1-12-5-7-25(8-6-12)19-18-17(22-13(2)23-19)15-9-14-11-26-21(3,4)10-16(14)24-20(15)27-18/h9,12H,5-8,10-11H2,1-4H3. The number of ether oxygens (including phenoxy) is 1. The maximum atomic E-state index is 6.00. The largest absolute Gasteiger partial charge is 0.370 e. The fourth-order valence-corrected chi connectivity index (χ4v) is 5.32. The average Bonchev–Trinajstić information content (AvgIpc) is 2.96. The summed E-state index contributed by atoms with van der Waals surface area (Å²) in [4.78, 5) is 18.2. The maximum absolute atomic E-state index is 6.00. The molecule has 0 unspecified atom stereocenters. The second-order valence-electron chi connectivity index (χ2n) is 8.72. The molecule has 0 radical (unpaired) electrons. The Balaban J connectivity index is 1.67. The lowest BCUT2D eigenvalue weighted by Crippen LogP contribution is -2.33. The molecule has 3 aromatic rings. The predicted octanol–water partition coefficient (Wildman–Crippen LogP) is 4.64. The Bertz CT molecular complexity index is 1030. The topological polar surface area (TPSA) is 51.1 Å². The van der Waals surface area contributed by atoms with Crippen molar-refractivity contribution >= 4 is 37.6 Å². The number of aryl methyl sites for hydroxylation is 1. The van der Waals surface area contributed by atoms with Crippen molar-refractivity contribution in [1.29, 1.82) is 0 Å². The van der Waals surface area contributed by atoms with Crippen LogP contribution in [-0.2, 0) is 17.8 Å². The third-order valence-electron chi connectivity index (χ3n) is 5.86. The van der Waals surface area contributed by atoms with Crippen molar-refractivity contribution < 1.29 is 4.74 Å². The van der Waals surface area contributed by atoms with E-state index < -0.39 is 0 Å². The van der Waals surface area contributed by atoms with Crippen LogP contribution in [0.1, 0.15) is 50.7 Å². The van der Waals surface area contributed by atoms with Crippen molar-refractivity contribution in [3.05, 3.63) is 23.1 Å². The molecule has 0 saturated carbocycles. The first-order chi connectivity index (χ1) is 12.9. The Hall–Kier alpha value is -1.79. The van der Waals surface area contributed by atoms with E-state index in [9.17, 15) is 0 Å². The molecule has 3 aromatic heterocycles. The first-order valence-electron chi connectivity index (χ1n) is 9.88. The van der Waals surface area contributed by atoms with Gasteiger partial charge in [-0.3, -0.25) is 0 Å². The number of anilines is 1. The first kappa shape index (κ1) is 17.3. The van der Waals surface area contributed by atoms with Crippen LogP contribution >= 0.6 is 11.3 Å². The highest BCUT2D eigenvalue weighted by atomic mass is 32.1. The molecule has 0 atom stereocenters. The number of hydrogen-bond acceptors (Lipinski definition) is 6. The van der Waals surface area contributed by atoms with Crippen molar-refractivity contribution in [3.63, 3.8) is 0 Å². The van der Waals surface area contributed by atoms with Crippen molar-refractivity contribution in [2.45, 2.75) is 59.2 Å². The van der Waals surface area contributed by atoms with Gasteiger partial charge in [0.25, 0.3) is 0 Å². The minimum Gasteiger partial charge on any atom is -0.370 e. The van der Waals surface area contributed by atoms with Gasteiger partial charge in [0.1, 0.15) is 16.5 Å². The molecule has 5 nitrogen and oxygen atoms in total. The molecule has 0 spiro atoms. The summed E-state index contributed by atoms with van der Waals surface area (Å²) in [7, 11) is 0. The van der Waals surface area contributed by atoms with E-state index in [-0.39, 0.29) is 5.60 Å². The number of pyridine rings is 1. The number of hydrogen-bond donors (Lipinski definition) is 0. The summed E-state index contributed by atoms with van der Waals surface area (Å²) < 4.78 is 7.19. The molecule has 27 heavy (non-hydrogen) atoms. The van der Waals surface area contributed by atoms with Crippen LogP contribution < -0.4 is 4.90 Å². The second-order valence-corrected chi connectivity index (χ2v) is 9.71. The minimum atomic E-state index is -0.142. The van der Waals surface area contributed by atoms with Gasteiger partial charge in [0.2, 0.25) is 0 Å². The van der Waals surface area contributed by atoms with Crippen LogP contribution in [0.4, 0.5) is 5.82 Å². The first-order valence-corrected chi connectivity index (χ1v) is 10.7. The van der Waals surface area contributed by atoms with E-state index >= 15 is 0 Å². The van der Waals surface area contributed by atoms with E-state index in [1.54, 1.807) is 11.3 Å². The molecule has 142 valence electrons. The zero-order valence-corrected chi connectivity index (χ0v) is 17.3.